The fourth-order valence-electron chi connectivity index (χ4n) is 2.62. The maximum atomic E-state index is 12.0. The first-order valence-electron chi connectivity index (χ1n) is 9.24. The van der Waals surface area contributed by atoms with Gasteiger partial charge in [-0.1, -0.05) is 0 Å². The summed E-state index contributed by atoms with van der Waals surface area (Å²) in [5.41, 5.74) is 4.35. The number of esters is 1. The van der Waals surface area contributed by atoms with Gasteiger partial charge in [-0.15, -0.1) is 0 Å². The Balaban J connectivity index is 2.06. The van der Waals surface area contributed by atoms with Crippen LogP contribution in [0.3, 0.4) is 0 Å². The molecule has 1 atom stereocenters. The third-order valence-electron chi connectivity index (χ3n) is 4.06. The molecule has 1 aliphatic rings. The number of nitrogens with zero attached hydrogens (tertiary/aromatic N) is 1. The number of benzene rings is 1. The molecule has 0 aliphatic carbocycles. The van der Waals surface area contributed by atoms with E-state index in [1.807, 2.05) is 0 Å². The van der Waals surface area contributed by atoms with Gasteiger partial charge in [0.15, 0.2) is 5.54 Å². The Morgan fingerprint density at radius 1 is 1.29 bits per heavy atom. The highest BCUT2D eigenvalue weighted by atomic mass is 16.6. The summed E-state index contributed by atoms with van der Waals surface area (Å²) in [6, 6.07) is 7.03. The molecule has 8 heteroatoms. The summed E-state index contributed by atoms with van der Waals surface area (Å²) >= 11 is 0. The predicted octanol–water partition coefficient (Wildman–Crippen LogP) is 1.57. The molecule has 1 heterocycles. The van der Waals surface area contributed by atoms with E-state index < -0.39 is 23.0 Å². The van der Waals surface area contributed by atoms with Crippen molar-refractivity contribution in [2.45, 2.75) is 51.2 Å². The fourth-order valence-corrected chi connectivity index (χ4v) is 2.62. The molecule has 0 aromatic heterocycles. The van der Waals surface area contributed by atoms with Gasteiger partial charge in [-0.25, -0.2) is 4.99 Å². The van der Waals surface area contributed by atoms with Crippen LogP contribution in [0.5, 0.6) is 5.75 Å². The van der Waals surface area contributed by atoms with E-state index in [9.17, 15) is 9.59 Å². The van der Waals surface area contributed by atoms with E-state index in [0.717, 1.165) is 0 Å². The first kappa shape index (κ1) is 21.7. The number of ether oxygens (including phenoxy) is 3. The van der Waals surface area contributed by atoms with Crippen molar-refractivity contribution in [1.29, 1.82) is 0 Å². The highest BCUT2D eigenvalue weighted by molar-refractivity contribution is 6.00. The first-order valence-corrected chi connectivity index (χ1v) is 9.24. The van der Waals surface area contributed by atoms with Crippen LogP contribution >= 0.6 is 0 Å². The minimum absolute atomic E-state index is 0.0119. The zero-order valence-electron chi connectivity index (χ0n) is 16.6. The van der Waals surface area contributed by atoms with Crippen LogP contribution in [-0.4, -0.2) is 53.8 Å². The molecule has 0 bridgehead atoms. The van der Waals surface area contributed by atoms with E-state index in [0.29, 0.717) is 30.2 Å². The largest absolute Gasteiger partial charge is 0.494 e. The molecule has 1 amide bonds. The maximum absolute atomic E-state index is 12.0. The van der Waals surface area contributed by atoms with Gasteiger partial charge in [-0.2, -0.15) is 0 Å². The summed E-state index contributed by atoms with van der Waals surface area (Å²) in [7, 11) is 0. The molecule has 1 aliphatic heterocycles. The molecule has 1 aromatic carbocycles. The third kappa shape index (κ3) is 5.95. The molecule has 0 saturated carbocycles. The molecule has 0 unspecified atom stereocenters. The molecular weight excluding hydrogens is 364 g/mol. The molecular formula is C20H28N2O6. The van der Waals surface area contributed by atoms with Crippen molar-refractivity contribution < 1.29 is 28.9 Å². The van der Waals surface area contributed by atoms with Crippen molar-refractivity contribution in [2.24, 2.45) is 10.7 Å². The Labute approximate surface area is 164 Å². The van der Waals surface area contributed by atoms with Gasteiger partial charge in [0.1, 0.15) is 18.0 Å². The van der Waals surface area contributed by atoms with Gasteiger partial charge >= 0.3 is 5.97 Å². The number of aliphatic hydroxyl groups is 1. The van der Waals surface area contributed by atoms with Crippen molar-refractivity contribution in [1.82, 2.24) is 0 Å². The minimum atomic E-state index is -1.29. The van der Waals surface area contributed by atoms with Crippen LogP contribution in [0.15, 0.2) is 29.3 Å². The van der Waals surface area contributed by atoms with E-state index in [-0.39, 0.29) is 26.1 Å². The maximum Gasteiger partial charge on any atom is 0.306 e. The Morgan fingerprint density at radius 2 is 1.96 bits per heavy atom. The zero-order valence-corrected chi connectivity index (χ0v) is 16.6. The van der Waals surface area contributed by atoms with Crippen molar-refractivity contribution >= 4 is 17.8 Å². The summed E-state index contributed by atoms with van der Waals surface area (Å²) in [5, 5.41) is 8.78. The molecule has 0 spiro atoms. The smallest absolute Gasteiger partial charge is 0.306 e. The van der Waals surface area contributed by atoms with Gasteiger partial charge in [0.2, 0.25) is 11.8 Å². The topological polar surface area (TPSA) is 120 Å². The van der Waals surface area contributed by atoms with Gasteiger partial charge in [0.25, 0.3) is 0 Å². The van der Waals surface area contributed by atoms with Gasteiger partial charge in [-0.05, 0) is 51.5 Å². The average Bonchev–Trinajstić information content (AvgIpc) is 3.05. The van der Waals surface area contributed by atoms with E-state index in [2.05, 4.69) is 4.99 Å². The van der Waals surface area contributed by atoms with E-state index in [4.69, 9.17) is 25.1 Å². The van der Waals surface area contributed by atoms with Gasteiger partial charge < -0.3 is 25.1 Å². The second-order valence-corrected chi connectivity index (χ2v) is 7.64. The number of carbonyl (C=O) groups excluding carboxylic acids is 2. The van der Waals surface area contributed by atoms with E-state index in [1.165, 1.54) is 0 Å². The third-order valence-corrected chi connectivity index (χ3v) is 4.06. The summed E-state index contributed by atoms with van der Waals surface area (Å²) in [6.45, 7) is 5.81. The number of primary amides is 1. The Bertz CT molecular complexity index is 723. The molecule has 0 saturated heterocycles. The van der Waals surface area contributed by atoms with Gasteiger partial charge in [-0.3, -0.25) is 9.59 Å². The van der Waals surface area contributed by atoms with Crippen LogP contribution in [0.2, 0.25) is 0 Å². The Morgan fingerprint density at radius 3 is 2.54 bits per heavy atom. The van der Waals surface area contributed by atoms with Crippen molar-refractivity contribution in [3.63, 3.8) is 0 Å². The standard InChI is InChI=1S/C20H28N2O6/c1-19(2,3)28-16(24)9-10-20(18(21)25)13-27-17(22-20)14-5-7-15(8-6-14)26-12-4-11-23/h5-8,23H,4,9-13H2,1-3H3,(H2,21,25)/t20-/m1/s1. The summed E-state index contributed by atoms with van der Waals surface area (Å²) in [5.74, 6) is -0.108. The number of aliphatic hydroxyl groups excluding tert-OH is 1. The SMILES string of the molecule is CC(C)(C)OC(=O)CC[C@]1(C(N)=O)COC(c2ccc(OCCCO)cc2)=N1. The number of hydrogen-bond donors (Lipinski definition) is 2. The Hall–Kier alpha value is -2.61. The number of nitrogens with two attached hydrogens (primary N) is 1. The molecule has 3 N–H and O–H groups in total. The summed E-state index contributed by atoms with van der Waals surface area (Å²) < 4.78 is 16.4. The molecule has 28 heavy (non-hydrogen) atoms. The first-order chi connectivity index (χ1) is 13.1. The van der Waals surface area contributed by atoms with E-state index >= 15 is 0 Å². The normalized spacial score (nSPS) is 18.9. The molecule has 2 rings (SSSR count). The molecule has 0 fully saturated rings. The summed E-state index contributed by atoms with van der Waals surface area (Å²) in [6.07, 6.45) is 0.678. The van der Waals surface area contributed by atoms with Crippen molar-refractivity contribution in [3.05, 3.63) is 29.8 Å². The van der Waals surface area contributed by atoms with Gasteiger partial charge in [0, 0.05) is 25.0 Å². The molecule has 154 valence electrons. The van der Waals surface area contributed by atoms with Crippen LogP contribution in [0.4, 0.5) is 0 Å². The lowest BCUT2D eigenvalue weighted by Crippen LogP contribution is -2.44. The lowest BCUT2D eigenvalue weighted by atomic mass is 9.94. The monoisotopic (exact) mass is 392 g/mol. The fraction of sp³-hybridized carbons (Fsp3) is 0.550. The number of rotatable bonds is 9. The highest BCUT2D eigenvalue weighted by Gasteiger charge is 2.43. The second-order valence-electron chi connectivity index (χ2n) is 7.64. The number of carbonyl (C=O) groups is 2. The summed E-state index contributed by atoms with van der Waals surface area (Å²) in [4.78, 5) is 28.4. The van der Waals surface area contributed by atoms with Crippen molar-refractivity contribution in [2.75, 3.05) is 19.8 Å². The number of aliphatic imine (C=N–C) groups is 1. The number of hydrogen-bond acceptors (Lipinski definition) is 7. The van der Waals surface area contributed by atoms with Crippen LogP contribution in [0.1, 0.15) is 45.6 Å². The average molecular weight is 392 g/mol. The number of amides is 1. The molecule has 1 aromatic rings. The molecule has 8 nitrogen and oxygen atoms in total. The predicted molar refractivity (Wildman–Crippen MR) is 103 cm³/mol. The van der Waals surface area contributed by atoms with Crippen LogP contribution in [0, 0.1) is 0 Å². The minimum Gasteiger partial charge on any atom is -0.494 e. The highest BCUT2D eigenvalue weighted by Crippen LogP contribution is 2.28. The lowest BCUT2D eigenvalue weighted by molar-refractivity contribution is -0.155. The van der Waals surface area contributed by atoms with Crippen LogP contribution in [0.25, 0.3) is 0 Å². The van der Waals surface area contributed by atoms with E-state index in [1.54, 1.807) is 45.0 Å². The quantitative estimate of drug-likeness (QED) is 0.486. The van der Waals surface area contributed by atoms with Gasteiger partial charge in [0.05, 0.1) is 6.61 Å². The second kappa shape index (κ2) is 9.05. The lowest BCUT2D eigenvalue weighted by Gasteiger charge is -2.22. The Kier molecular flexibility index (Phi) is 7.01. The zero-order chi connectivity index (χ0) is 20.8. The van der Waals surface area contributed by atoms with Crippen LogP contribution < -0.4 is 10.5 Å². The van der Waals surface area contributed by atoms with Crippen molar-refractivity contribution in [3.8, 4) is 5.75 Å². The molecule has 0 radical (unpaired) electrons. The van der Waals surface area contributed by atoms with Crippen LogP contribution in [-0.2, 0) is 19.1 Å².